The second-order valence-corrected chi connectivity index (χ2v) is 4.36. The second-order valence-electron chi connectivity index (χ2n) is 4.05. The molecule has 0 saturated heterocycles. The maximum atomic E-state index is 9.36. The van der Waals surface area contributed by atoms with Crippen LogP contribution in [0.25, 0.3) is 11.0 Å². The number of imidazole rings is 1. The smallest absolute Gasteiger partial charge is 0.0959 e. The lowest BCUT2D eigenvalue weighted by Gasteiger charge is -2.10. The van der Waals surface area contributed by atoms with Crippen molar-refractivity contribution >= 4 is 28.3 Å². The van der Waals surface area contributed by atoms with Gasteiger partial charge < -0.3 is 20.1 Å². The van der Waals surface area contributed by atoms with E-state index in [4.69, 9.17) is 16.7 Å². The molecule has 0 amide bonds. The number of fused-ring (bicyclic) bond motifs is 1. The first-order valence-electron chi connectivity index (χ1n) is 5.78. The van der Waals surface area contributed by atoms with E-state index in [2.05, 4.69) is 10.3 Å². The summed E-state index contributed by atoms with van der Waals surface area (Å²) >= 11 is 5.52. The van der Waals surface area contributed by atoms with Gasteiger partial charge in [-0.15, -0.1) is 11.6 Å². The van der Waals surface area contributed by atoms with Crippen molar-refractivity contribution < 1.29 is 10.2 Å². The van der Waals surface area contributed by atoms with Gasteiger partial charge in [0, 0.05) is 18.8 Å². The van der Waals surface area contributed by atoms with Crippen LogP contribution in [-0.4, -0.2) is 44.9 Å². The lowest BCUT2D eigenvalue weighted by atomic mass is 10.2. The Morgan fingerprint density at radius 2 is 2.28 bits per heavy atom. The predicted molar refractivity (Wildman–Crippen MR) is 72.0 cm³/mol. The first-order valence-corrected chi connectivity index (χ1v) is 6.31. The van der Waals surface area contributed by atoms with E-state index in [0.717, 1.165) is 16.7 Å². The zero-order chi connectivity index (χ0) is 13.0. The lowest BCUT2D eigenvalue weighted by Crippen LogP contribution is -2.20. The number of hydrogen-bond acceptors (Lipinski definition) is 4. The van der Waals surface area contributed by atoms with Gasteiger partial charge in [-0.25, -0.2) is 4.98 Å². The normalized spacial score (nSPS) is 12.8. The molecule has 1 aromatic heterocycles. The molecule has 1 heterocycles. The summed E-state index contributed by atoms with van der Waals surface area (Å²) in [6.07, 6.45) is 1.15. The highest BCUT2D eigenvalue weighted by atomic mass is 35.5. The molecule has 5 nitrogen and oxygen atoms in total. The van der Waals surface area contributed by atoms with E-state index in [1.807, 2.05) is 22.8 Å². The van der Waals surface area contributed by atoms with E-state index in [0.29, 0.717) is 13.1 Å². The van der Waals surface area contributed by atoms with E-state index in [-0.39, 0.29) is 12.5 Å². The molecule has 0 fully saturated rings. The maximum Gasteiger partial charge on any atom is 0.0959 e. The number of rotatable bonds is 6. The zero-order valence-electron chi connectivity index (χ0n) is 9.88. The van der Waals surface area contributed by atoms with Gasteiger partial charge in [0.25, 0.3) is 0 Å². The summed E-state index contributed by atoms with van der Waals surface area (Å²) in [5, 5.41) is 21.4. The monoisotopic (exact) mass is 269 g/mol. The molecule has 0 aliphatic carbocycles. The second kappa shape index (κ2) is 6.04. The molecular formula is C12H16ClN3O2. The Kier molecular flexibility index (Phi) is 4.41. The van der Waals surface area contributed by atoms with Crippen LogP contribution in [0.2, 0.25) is 0 Å². The minimum absolute atomic E-state index is 0.0907. The third-order valence-corrected chi connectivity index (χ3v) is 3.04. The Morgan fingerprint density at radius 3 is 3.00 bits per heavy atom. The fourth-order valence-corrected chi connectivity index (χ4v) is 1.86. The first-order chi connectivity index (χ1) is 8.74. The molecule has 2 rings (SSSR count). The molecule has 0 bridgehead atoms. The molecule has 0 aliphatic heterocycles. The number of aromatic nitrogens is 2. The van der Waals surface area contributed by atoms with E-state index in [9.17, 15) is 5.11 Å². The molecule has 0 spiro atoms. The molecule has 1 unspecified atom stereocenters. The molecule has 1 atom stereocenters. The highest BCUT2D eigenvalue weighted by Crippen LogP contribution is 2.18. The summed E-state index contributed by atoms with van der Waals surface area (Å²) in [6, 6.07) is 5.76. The summed E-state index contributed by atoms with van der Waals surface area (Å²) < 4.78 is 1.90. The van der Waals surface area contributed by atoms with Crippen LogP contribution in [0.1, 0.15) is 0 Å². The van der Waals surface area contributed by atoms with Gasteiger partial charge in [0.2, 0.25) is 0 Å². The fraction of sp³-hybridized carbons (Fsp3) is 0.417. The molecule has 0 aliphatic rings. The van der Waals surface area contributed by atoms with Crippen LogP contribution in [0, 0.1) is 0 Å². The van der Waals surface area contributed by atoms with Gasteiger partial charge in [-0.05, 0) is 18.2 Å². The SMILES string of the molecule is OCCn1cnc2cc(NCC(O)CCl)ccc21. The van der Waals surface area contributed by atoms with Crippen molar-refractivity contribution in [3.05, 3.63) is 24.5 Å². The van der Waals surface area contributed by atoms with E-state index < -0.39 is 6.10 Å². The number of benzene rings is 1. The number of alkyl halides is 1. The molecule has 3 N–H and O–H groups in total. The highest BCUT2D eigenvalue weighted by Gasteiger charge is 2.05. The number of anilines is 1. The number of halogens is 1. The average molecular weight is 270 g/mol. The van der Waals surface area contributed by atoms with Crippen molar-refractivity contribution in [3.8, 4) is 0 Å². The van der Waals surface area contributed by atoms with Crippen LogP contribution in [0.4, 0.5) is 5.69 Å². The number of hydrogen-bond donors (Lipinski definition) is 3. The largest absolute Gasteiger partial charge is 0.395 e. The standard InChI is InChI=1S/C12H16ClN3O2/c13-6-10(18)7-14-9-1-2-12-11(5-9)15-8-16(12)3-4-17/h1-2,5,8,10,14,17-18H,3-4,6-7H2. The molecule has 2 aromatic rings. The van der Waals surface area contributed by atoms with Gasteiger partial charge in [0.05, 0.1) is 36.0 Å². The lowest BCUT2D eigenvalue weighted by molar-refractivity contribution is 0.211. The number of aliphatic hydroxyl groups is 2. The summed E-state index contributed by atoms with van der Waals surface area (Å²) in [5.41, 5.74) is 2.72. The molecule has 6 heteroatoms. The van der Waals surface area contributed by atoms with E-state index in [1.165, 1.54) is 0 Å². The number of aliphatic hydroxyl groups excluding tert-OH is 2. The van der Waals surface area contributed by atoms with Gasteiger partial charge in [-0.1, -0.05) is 0 Å². The molecule has 0 radical (unpaired) electrons. The van der Waals surface area contributed by atoms with E-state index in [1.54, 1.807) is 6.33 Å². The Hall–Kier alpha value is -1.30. The van der Waals surface area contributed by atoms with Crippen molar-refractivity contribution in [1.82, 2.24) is 9.55 Å². The molecule has 0 saturated carbocycles. The third-order valence-electron chi connectivity index (χ3n) is 2.68. The fourth-order valence-electron chi connectivity index (χ4n) is 1.75. The first kappa shape index (κ1) is 13.1. The maximum absolute atomic E-state index is 9.36. The van der Waals surface area contributed by atoms with Crippen molar-refractivity contribution in [3.63, 3.8) is 0 Å². The highest BCUT2D eigenvalue weighted by molar-refractivity contribution is 6.18. The zero-order valence-corrected chi connectivity index (χ0v) is 10.6. The predicted octanol–water partition coefficient (Wildman–Crippen LogP) is 1.04. The molecule has 98 valence electrons. The molecular weight excluding hydrogens is 254 g/mol. The minimum atomic E-state index is -0.561. The third kappa shape index (κ3) is 2.93. The average Bonchev–Trinajstić information content (AvgIpc) is 2.79. The molecule has 18 heavy (non-hydrogen) atoms. The summed E-state index contributed by atoms with van der Waals surface area (Å²) in [4.78, 5) is 4.27. The number of nitrogens with zero attached hydrogens (tertiary/aromatic N) is 2. The van der Waals surface area contributed by atoms with Crippen LogP contribution in [-0.2, 0) is 6.54 Å². The van der Waals surface area contributed by atoms with Crippen molar-refractivity contribution in [2.24, 2.45) is 0 Å². The van der Waals surface area contributed by atoms with Gasteiger partial charge in [-0.3, -0.25) is 0 Å². The quantitative estimate of drug-likeness (QED) is 0.686. The summed E-state index contributed by atoms with van der Waals surface area (Å²) in [7, 11) is 0. The Morgan fingerprint density at radius 1 is 1.44 bits per heavy atom. The van der Waals surface area contributed by atoms with Crippen LogP contribution in [0.3, 0.4) is 0 Å². The van der Waals surface area contributed by atoms with Gasteiger partial charge in [-0.2, -0.15) is 0 Å². The van der Waals surface area contributed by atoms with Crippen molar-refractivity contribution in [1.29, 1.82) is 0 Å². The summed E-state index contributed by atoms with van der Waals surface area (Å²) in [6.45, 7) is 1.04. The Bertz CT molecular complexity index is 515. The van der Waals surface area contributed by atoms with Gasteiger partial charge in [0.1, 0.15) is 0 Å². The van der Waals surface area contributed by atoms with Crippen LogP contribution in [0.5, 0.6) is 0 Å². The van der Waals surface area contributed by atoms with Gasteiger partial charge in [0.15, 0.2) is 0 Å². The molecule has 1 aromatic carbocycles. The topological polar surface area (TPSA) is 70.3 Å². The van der Waals surface area contributed by atoms with Crippen molar-refractivity contribution in [2.75, 3.05) is 24.3 Å². The number of nitrogens with one attached hydrogen (secondary N) is 1. The van der Waals surface area contributed by atoms with Crippen molar-refractivity contribution in [2.45, 2.75) is 12.6 Å². The Balaban J connectivity index is 2.13. The van der Waals surface area contributed by atoms with Crippen LogP contribution < -0.4 is 5.32 Å². The Labute approximate surface area is 110 Å². The van der Waals surface area contributed by atoms with Crippen LogP contribution in [0.15, 0.2) is 24.5 Å². The van der Waals surface area contributed by atoms with Gasteiger partial charge >= 0.3 is 0 Å². The van der Waals surface area contributed by atoms with E-state index >= 15 is 0 Å². The summed E-state index contributed by atoms with van der Waals surface area (Å²) in [5.74, 6) is 0.209. The van der Waals surface area contributed by atoms with Crippen LogP contribution >= 0.6 is 11.6 Å². The minimum Gasteiger partial charge on any atom is -0.395 e.